The van der Waals surface area contributed by atoms with Gasteiger partial charge in [-0.2, -0.15) is 0 Å². The van der Waals surface area contributed by atoms with Crippen molar-refractivity contribution in [3.63, 3.8) is 0 Å². The van der Waals surface area contributed by atoms with Crippen LogP contribution in [0, 0.1) is 5.92 Å². The number of methoxy groups -OCH3 is 1. The molecule has 1 N–H and O–H groups in total. The molecule has 0 spiro atoms. The molecule has 114 valence electrons. The van der Waals surface area contributed by atoms with E-state index in [1.165, 1.54) is 0 Å². The number of hydrogen-bond acceptors (Lipinski definition) is 3. The molecule has 0 amide bonds. The summed E-state index contributed by atoms with van der Waals surface area (Å²) in [7, 11) is 1.68. The number of hydrogen-bond donors (Lipinski definition) is 1. The molecule has 21 heavy (non-hydrogen) atoms. The third-order valence-electron chi connectivity index (χ3n) is 4.00. The van der Waals surface area contributed by atoms with Gasteiger partial charge < -0.3 is 10.1 Å². The number of rotatable bonds is 7. The van der Waals surface area contributed by atoms with Crippen molar-refractivity contribution in [2.24, 2.45) is 5.92 Å². The Hall–Kier alpha value is -1.48. The molecular weight excluding hydrogens is 284 g/mol. The summed E-state index contributed by atoms with van der Waals surface area (Å²) in [5.41, 5.74) is 0. The molecular formula is C17H23ClN2O. The van der Waals surface area contributed by atoms with Gasteiger partial charge in [0.05, 0.1) is 12.5 Å². The lowest BCUT2D eigenvalue weighted by Crippen LogP contribution is -2.23. The van der Waals surface area contributed by atoms with Crippen molar-refractivity contribution in [3.05, 3.63) is 30.5 Å². The number of ether oxygens (including phenoxy) is 1. The number of alkyl halides is 1. The van der Waals surface area contributed by atoms with Gasteiger partial charge in [-0.05, 0) is 35.6 Å². The molecule has 0 radical (unpaired) electrons. The predicted octanol–water partition coefficient (Wildman–Crippen LogP) is 4.70. The fraction of sp³-hybridized carbons (Fsp3) is 0.471. The van der Waals surface area contributed by atoms with E-state index < -0.39 is 0 Å². The number of halogens is 1. The van der Waals surface area contributed by atoms with Crippen molar-refractivity contribution in [3.8, 4) is 5.75 Å². The van der Waals surface area contributed by atoms with E-state index in [1.807, 2.05) is 30.5 Å². The van der Waals surface area contributed by atoms with Crippen LogP contribution in [0.1, 0.15) is 26.7 Å². The molecule has 3 nitrogen and oxygen atoms in total. The van der Waals surface area contributed by atoms with Crippen molar-refractivity contribution in [1.82, 2.24) is 4.98 Å². The van der Waals surface area contributed by atoms with E-state index in [9.17, 15) is 0 Å². The highest BCUT2D eigenvalue weighted by Crippen LogP contribution is 2.26. The zero-order valence-corrected chi connectivity index (χ0v) is 13.7. The molecule has 2 rings (SSSR count). The van der Waals surface area contributed by atoms with Crippen LogP contribution in [0.3, 0.4) is 0 Å². The number of nitrogens with one attached hydrogen (secondary N) is 1. The van der Waals surface area contributed by atoms with Crippen LogP contribution in [0.2, 0.25) is 0 Å². The van der Waals surface area contributed by atoms with Gasteiger partial charge in [-0.1, -0.05) is 26.7 Å². The third-order valence-corrected chi connectivity index (χ3v) is 4.51. The second kappa shape index (κ2) is 7.51. The quantitative estimate of drug-likeness (QED) is 0.753. The maximum Gasteiger partial charge on any atom is 0.133 e. The van der Waals surface area contributed by atoms with E-state index >= 15 is 0 Å². The molecule has 1 aromatic carbocycles. The van der Waals surface area contributed by atoms with Crippen LogP contribution < -0.4 is 10.1 Å². The van der Waals surface area contributed by atoms with E-state index in [0.717, 1.165) is 41.7 Å². The molecule has 1 atom stereocenters. The summed E-state index contributed by atoms with van der Waals surface area (Å²) in [6.45, 7) is 5.10. The maximum absolute atomic E-state index is 6.49. The lowest BCUT2D eigenvalue weighted by molar-refractivity contribution is 0.415. The van der Waals surface area contributed by atoms with E-state index in [1.54, 1.807) is 7.11 Å². The molecule has 0 aliphatic heterocycles. The van der Waals surface area contributed by atoms with Gasteiger partial charge in [0.2, 0.25) is 0 Å². The summed E-state index contributed by atoms with van der Waals surface area (Å²) >= 11 is 6.49. The minimum Gasteiger partial charge on any atom is -0.497 e. The van der Waals surface area contributed by atoms with Crippen LogP contribution in [0.25, 0.3) is 10.8 Å². The Bertz CT molecular complexity index is 584. The predicted molar refractivity (Wildman–Crippen MR) is 90.5 cm³/mol. The first-order valence-electron chi connectivity index (χ1n) is 7.50. The molecule has 0 aliphatic rings. The van der Waals surface area contributed by atoms with Crippen LogP contribution in [0.15, 0.2) is 30.5 Å². The minimum absolute atomic E-state index is 0.121. The van der Waals surface area contributed by atoms with Crippen LogP contribution in [0.5, 0.6) is 5.75 Å². The monoisotopic (exact) mass is 306 g/mol. The van der Waals surface area contributed by atoms with Gasteiger partial charge in [0.15, 0.2) is 0 Å². The van der Waals surface area contributed by atoms with E-state index in [0.29, 0.717) is 5.92 Å². The van der Waals surface area contributed by atoms with Crippen molar-refractivity contribution >= 4 is 28.2 Å². The van der Waals surface area contributed by atoms with Crippen molar-refractivity contribution in [2.45, 2.75) is 32.1 Å². The lowest BCUT2D eigenvalue weighted by Gasteiger charge is -2.20. The first-order chi connectivity index (χ1) is 10.2. The third kappa shape index (κ3) is 3.79. The maximum atomic E-state index is 6.49. The second-order valence-corrected chi connectivity index (χ2v) is 5.78. The molecule has 0 bridgehead atoms. The summed E-state index contributed by atoms with van der Waals surface area (Å²) in [5.74, 6) is 2.27. The first-order valence-corrected chi connectivity index (χ1v) is 7.93. The zero-order valence-electron chi connectivity index (χ0n) is 12.9. The normalized spacial score (nSPS) is 12.6. The van der Waals surface area contributed by atoms with Gasteiger partial charge >= 0.3 is 0 Å². The highest BCUT2D eigenvalue weighted by molar-refractivity contribution is 6.21. The number of pyridine rings is 1. The SMILES string of the molecule is CCC(CC)C(Cl)CNc1nccc2cc(OC)ccc12. The van der Waals surface area contributed by atoms with Gasteiger partial charge in [0.1, 0.15) is 11.6 Å². The van der Waals surface area contributed by atoms with Crippen LogP contribution in [-0.4, -0.2) is 24.0 Å². The first kappa shape index (κ1) is 15.9. The van der Waals surface area contributed by atoms with Gasteiger partial charge in [-0.25, -0.2) is 4.98 Å². The fourth-order valence-electron chi connectivity index (χ4n) is 2.58. The molecule has 1 heterocycles. The largest absolute Gasteiger partial charge is 0.497 e. The Kier molecular flexibility index (Phi) is 5.68. The van der Waals surface area contributed by atoms with Crippen molar-refractivity contribution in [1.29, 1.82) is 0 Å². The van der Waals surface area contributed by atoms with E-state index in [2.05, 4.69) is 24.1 Å². The van der Waals surface area contributed by atoms with E-state index in [4.69, 9.17) is 16.3 Å². The summed E-state index contributed by atoms with van der Waals surface area (Å²) in [6, 6.07) is 7.99. The highest BCUT2D eigenvalue weighted by atomic mass is 35.5. The topological polar surface area (TPSA) is 34.2 Å². The van der Waals surface area contributed by atoms with Gasteiger partial charge in [-0.15, -0.1) is 11.6 Å². The molecule has 0 aliphatic carbocycles. The molecule has 1 aromatic heterocycles. The van der Waals surface area contributed by atoms with Crippen molar-refractivity contribution in [2.75, 3.05) is 19.0 Å². The van der Waals surface area contributed by atoms with Gasteiger partial charge in [0.25, 0.3) is 0 Å². The molecule has 0 fully saturated rings. The highest BCUT2D eigenvalue weighted by Gasteiger charge is 2.16. The summed E-state index contributed by atoms with van der Waals surface area (Å²) in [4.78, 5) is 4.43. The molecule has 0 saturated heterocycles. The fourth-order valence-corrected chi connectivity index (χ4v) is 3.02. The van der Waals surface area contributed by atoms with Crippen molar-refractivity contribution < 1.29 is 4.74 Å². The Morgan fingerprint density at radius 1 is 1.24 bits per heavy atom. The molecule has 4 heteroatoms. The number of benzene rings is 1. The summed E-state index contributed by atoms with van der Waals surface area (Å²) < 4.78 is 5.26. The number of fused-ring (bicyclic) bond motifs is 1. The summed E-state index contributed by atoms with van der Waals surface area (Å²) in [6.07, 6.45) is 4.02. The van der Waals surface area contributed by atoms with E-state index in [-0.39, 0.29) is 5.38 Å². The Balaban J connectivity index is 2.15. The Labute approximate surface area is 131 Å². The zero-order chi connectivity index (χ0) is 15.2. The van der Waals surface area contributed by atoms with Crippen LogP contribution in [0.4, 0.5) is 5.82 Å². The lowest BCUT2D eigenvalue weighted by atomic mass is 9.99. The van der Waals surface area contributed by atoms with Gasteiger partial charge in [-0.3, -0.25) is 0 Å². The Morgan fingerprint density at radius 2 is 2.00 bits per heavy atom. The standard InChI is InChI=1S/C17H23ClN2O/c1-4-12(5-2)16(18)11-20-17-15-7-6-14(21-3)10-13(15)8-9-19-17/h6-10,12,16H,4-5,11H2,1-3H3,(H,19,20). The minimum atomic E-state index is 0.121. The van der Waals surface area contributed by atoms with Crippen LogP contribution >= 0.6 is 11.6 Å². The Morgan fingerprint density at radius 3 is 2.67 bits per heavy atom. The second-order valence-electron chi connectivity index (χ2n) is 5.22. The molecule has 1 unspecified atom stereocenters. The summed E-state index contributed by atoms with van der Waals surface area (Å²) in [5, 5.41) is 5.71. The number of anilines is 1. The molecule has 0 saturated carbocycles. The molecule has 2 aromatic rings. The van der Waals surface area contributed by atoms with Crippen LogP contribution in [-0.2, 0) is 0 Å². The average Bonchev–Trinajstić information content (AvgIpc) is 2.53. The smallest absolute Gasteiger partial charge is 0.133 e. The average molecular weight is 307 g/mol. The number of nitrogens with zero attached hydrogens (tertiary/aromatic N) is 1. The number of aromatic nitrogens is 1. The van der Waals surface area contributed by atoms with Gasteiger partial charge in [0, 0.05) is 18.1 Å².